The van der Waals surface area contributed by atoms with Crippen molar-refractivity contribution in [1.29, 1.82) is 0 Å². The van der Waals surface area contributed by atoms with E-state index in [-0.39, 0.29) is 5.82 Å². The van der Waals surface area contributed by atoms with Gasteiger partial charge in [0.15, 0.2) is 0 Å². The predicted molar refractivity (Wildman–Crippen MR) is 73.2 cm³/mol. The second-order valence-electron chi connectivity index (χ2n) is 4.85. The average Bonchev–Trinajstić information content (AvgIpc) is 2.89. The zero-order valence-electron chi connectivity index (χ0n) is 10.9. The summed E-state index contributed by atoms with van der Waals surface area (Å²) in [6.07, 6.45) is 6.93. The normalized spacial score (nSPS) is 14.5. The summed E-state index contributed by atoms with van der Waals surface area (Å²) in [5.74, 6) is -0.838. The van der Waals surface area contributed by atoms with E-state index in [1.165, 1.54) is 43.0 Å². The van der Waals surface area contributed by atoms with Gasteiger partial charge in [0, 0.05) is 17.7 Å². The van der Waals surface area contributed by atoms with E-state index in [0.29, 0.717) is 17.7 Å². The van der Waals surface area contributed by atoms with Gasteiger partial charge in [-0.25, -0.2) is 4.39 Å². The van der Waals surface area contributed by atoms with Crippen molar-refractivity contribution in [1.82, 2.24) is 5.32 Å². The van der Waals surface area contributed by atoms with Crippen molar-refractivity contribution in [3.8, 4) is 0 Å². The molecule has 0 heterocycles. The molecule has 1 aliphatic rings. The molecule has 0 aromatic heterocycles. The number of hydrogen-bond donors (Lipinski definition) is 2. The minimum Gasteiger partial charge on any atom is -0.366 e. The number of nitrogens with two attached hydrogens (primary N) is 1. The number of carbonyl (C=O) groups excluding carboxylic acids is 1. The van der Waals surface area contributed by atoms with Crippen molar-refractivity contribution in [3.05, 3.63) is 46.8 Å². The molecule has 1 aliphatic carbocycles. The number of rotatable bonds is 6. The summed E-state index contributed by atoms with van der Waals surface area (Å²) in [6.45, 7) is 1.24. The summed E-state index contributed by atoms with van der Waals surface area (Å²) >= 11 is 0. The SMILES string of the molecule is NC(=O)c1ccc(F)c(CNCCC2=CCCC2)c1. The highest BCUT2D eigenvalue weighted by molar-refractivity contribution is 5.92. The van der Waals surface area contributed by atoms with E-state index in [9.17, 15) is 9.18 Å². The van der Waals surface area contributed by atoms with Crippen LogP contribution in [0.5, 0.6) is 0 Å². The average molecular weight is 262 g/mol. The number of halogens is 1. The van der Waals surface area contributed by atoms with Crippen LogP contribution in [0.4, 0.5) is 4.39 Å². The first-order valence-corrected chi connectivity index (χ1v) is 6.63. The fourth-order valence-electron chi connectivity index (χ4n) is 2.30. The van der Waals surface area contributed by atoms with Gasteiger partial charge in [-0.05, 0) is 50.4 Å². The van der Waals surface area contributed by atoms with Gasteiger partial charge in [-0.3, -0.25) is 4.79 Å². The van der Waals surface area contributed by atoms with Gasteiger partial charge >= 0.3 is 0 Å². The first kappa shape index (κ1) is 13.7. The molecule has 102 valence electrons. The van der Waals surface area contributed by atoms with Crippen LogP contribution in [0.3, 0.4) is 0 Å². The van der Waals surface area contributed by atoms with E-state index in [4.69, 9.17) is 5.73 Å². The highest BCUT2D eigenvalue weighted by Crippen LogP contribution is 2.19. The van der Waals surface area contributed by atoms with Crippen molar-refractivity contribution in [2.24, 2.45) is 5.73 Å². The summed E-state index contributed by atoms with van der Waals surface area (Å²) in [4.78, 5) is 11.0. The maximum atomic E-state index is 13.6. The zero-order chi connectivity index (χ0) is 13.7. The molecule has 1 aromatic carbocycles. The zero-order valence-corrected chi connectivity index (χ0v) is 10.9. The molecule has 19 heavy (non-hydrogen) atoms. The lowest BCUT2D eigenvalue weighted by Crippen LogP contribution is -2.17. The summed E-state index contributed by atoms with van der Waals surface area (Å²) < 4.78 is 13.6. The largest absolute Gasteiger partial charge is 0.366 e. The fourth-order valence-corrected chi connectivity index (χ4v) is 2.30. The Bertz CT molecular complexity index is 497. The van der Waals surface area contributed by atoms with Gasteiger partial charge in [-0.15, -0.1) is 0 Å². The molecule has 0 fully saturated rings. The van der Waals surface area contributed by atoms with Crippen LogP contribution in [0, 0.1) is 5.82 Å². The number of amides is 1. The third kappa shape index (κ3) is 3.89. The summed E-state index contributed by atoms with van der Waals surface area (Å²) in [6, 6.07) is 4.21. The number of carbonyl (C=O) groups is 1. The number of hydrogen-bond acceptors (Lipinski definition) is 2. The van der Waals surface area contributed by atoms with Crippen molar-refractivity contribution >= 4 is 5.91 Å². The lowest BCUT2D eigenvalue weighted by Gasteiger charge is -2.08. The van der Waals surface area contributed by atoms with E-state index in [0.717, 1.165) is 13.0 Å². The molecule has 0 aliphatic heterocycles. The Labute approximate surface area is 112 Å². The van der Waals surface area contributed by atoms with Crippen LogP contribution in [0.1, 0.15) is 41.6 Å². The molecule has 0 saturated heterocycles. The van der Waals surface area contributed by atoms with Gasteiger partial charge < -0.3 is 11.1 Å². The Kier molecular flexibility index (Phi) is 4.68. The van der Waals surface area contributed by atoms with Gasteiger partial charge in [0.1, 0.15) is 5.82 Å². The summed E-state index contributed by atoms with van der Waals surface area (Å²) in [5.41, 5.74) is 7.49. The van der Waals surface area contributed by atoms with E-state index in [1.54, 1.807) is 0 Å². The maximum absolute atomic E-state index is 13.6. The van der Waals surface area contributed by atoms with E-state index >= 15 is 0 Å². The molecule has 1 amide bonds. The van der Waals surface area contributed by atoms with Crippen LogP contribution in [0.15, 0.2) is 29.8 Å². The van der Waals surface area contributed by atoms with Gasteiger partial charge in [0.25, 0.3) is 0 Å². The topological polar surface area (TPSA) is 55.1 Å². The standard InChI is InChI=1S/C15H19FN2O/c16-14-6-5-12(15(17)19)9-13(14)10-18-8-7-11-3-1-2-4-11/h3,5-6,9,18H,1-2,4,7-8,10H2,(H2,17,19). The van der Waals surface area contributed by atoms with Gasteiger partial charge in [0.05, 0.1) is 0 Å². The van der Waals surface area contributed by atoms with Crippen LogP contribution in [0.2, 0.25) is 0 Å². The highest BCUT2D eigenvalue weighted by Gasteiger charge is 2.07. The van der Waals surface area contributed by atoms with E-state index < -0.39 is 5.91 Å². The third-order valence-electron chi connectivity index (χ3n) is 3.40. The van der Waals surface area contributed by atoms with Crippen LogP contribution in [-0.2, 0) is 6.54 Å². The predicted octanol–water partition coefficient (Wildman–Crippen LogP) is 2.51. The van der Waals surface area contributed by atoms with Crippen molar-refractivity contribution in [2.75, 3.05) is 6.54 Å². The van der Waals surface area contributed by atoms with Crippen LogP contribution in [0.25, 0.3) is 0 Å². The molecule has 3 nitrogen and oxygen atoms in total. The third-order valence-corrected chi connectivity index (χ3v) is 3.40. The number of primary amides is 1. The molecule has 0 atom stereocenters. The number of benzene rings is 1. The minimum absolute atomic E-state index is 0.308. The lowest BCUT2D eigenvalue weighted by atomic mass is 10.1. The van der Waals surface area contributed by atoms with Crippen molar-refractivity contribution in [3.63, 3.8) is 0 Å². The number of allylic oxidation sites excluding steroid dienone is 1. The van der Waals surface area contributed by atoms with Gasteiger partial charge in [-0.2, -0.15) is 0 Å². The van der Waals surface area contributed by atoms with Crippen LogP contribution >= 0.6 is 0 Å². The Morgan fingerprint density at radius 1 is 1.42 bits per heavy atom. The molecule has 0 saturated carbocycles. The van der Waals surface area contributed by atoms with E-state index in [1.807, 2.05) is 0 Å². The molecule has 2 rings (SSSR count). The molecule has 4 heteroatoms. The second-order valence-corrected chi connectivity index (χ2v) is 4.85. The van der Waals surface area contributed by atoms with Crippen molar-refractivity contribution in [2.45, 2.75) is 32.2 Å². The number of nitrogens with one attached hydrogen (secondary N) is 1. The summed E-state index contributed by atoms with van der Waals surface area (Å²) in [7, 11) is 0. The molecule has 3 N–H and O–H groups in total. The molecule has 1 aromatic rings. The smallest absolute Gasteiger partial charge is 0.248 e. The van der Waals surface area contributed by atoms with E-state index in [2.05, 4.69) is 11.4 Å². The molecule has 0 bridgehead atoms. The molecule has 0 spiro atoms. The Morgan fingerprint density at radius 3 is 2.95 bits per heavy atom. The van der Waals surface area contributed by atoms with Crippen LogP contribution in [-0.4, -0.2) is 12.5 Å². The van der Waals surface area contributed by atoms with Gasteiger partial charge in [-0.1, -0.05) is 11.6 Å². The molecular formula is C15H19FN2O. The molecule has 0 radical (unpaired) electrons. The minimum atomic E-state index is -0.530. The molecular weight excluding hydrogens is 243 g/mol. The summed E-state index contributed by atoms with van der Waals surface area (Å²) in [5, 5.41) is 3.20. The Morgan fingerprint density at radius 2 is 2.26 bits per heavy atom. The Balaban J connectivity index is 1.84. The highest BCUT2D eigenvalue weighted by atomic mass is 19.1. The lowest BCUT2D eigenvalue weighted by molar-refractivity contribution is 0.1000. The monoisotopic (exact) mass is 262 g/mol. The molecule has 0 unspecified atom stereocenters. The van der Waals surface area contributed by atoms with Gasteiger partial charge in [0.2, 0.25) is 5.91 Å². The maximum Gasteiger partial charge on any atom is 0.248 e. The van der Waals surface area contributed by atoms with Crippen LogP contribution < -0.4 is 11.1 Å². The Hall–Kier alpha value is -1.68. The first-order chi connectivity index (χ1) is 9.16. The van der Waals surface area contributed by atoms with Crippen molar-refractivity contribution < 1.29 is 9.18 Å². The fraction of sp³-hybridized carbons (Fsp3) is 0.400. The second kappa shape index (κ2) is 6.48. The quantitative estimate of drug-likeness (QED) is 0.611. The first-order valence-electron chi connectivity index (χ1n) is 6.63.